The fraction of sp³-hybridized carbons (Fsp3) is 0. The summed E-state index contributed by atoms with van der Waals surface area (Å²) in [6.07, 6.45) is 0. The molecular weight excluding hydrogens is 347 g/mol. The average molecular weight is 368 g/mol. The van der Waals surface area contributed by atoms with Crippen LogP contribution in [0.25, 0.3) is 0 Å². The molecule has 0 spiro atoms. The Kier molecular flexibility index (Phi) is 4.18. The van der Waals surface area contributed by atoms with E-state index in [4.69, 9.17) is 34.4 Å². The highest BCUT2D eigenvalue weighted by Gasteiger charge is 2.31. The molecule has 0 saturated carbocycles. The average Bonchev–Trinajstić information content (AvgIpc) is 2.51. The minimum absolute atomic E-state index is 0.397. The van der Waals surface area contributed by atoms with Crippen LogP contribution in [-0.2, 0) is 4.57 Å². The molecule has 0 aliphatic carbocycles. The van der Waals surface area contributed by atoms with Crippen LogP contribution in [-0.4, -0.2) is 0 Å². The van der Waals surface area contributed by atoms with Gasteiger partial charge in [0.25, 0.3) is 0 Å². The molecular formula is C18H21N6OP. The van der Waals surface area contributed by atoms with Crippen LogP contribution in [0.1, 0.15) is 0 Å². The van der Waals surface area contributed by atoms with Gasteiger partial charge < -0.3 is 39.0 Å². The maximum atomic E-state index is 14.4. The van der Waals surface area contributed by atoms with Gasteiger partial charge >= 0.3 is 0 Å². The van der Waals surface area contributed by atoms with Crippen molar-refractivity contribution in [3.05, 3.63) is 54.6 Å². The Bertz CT molecular complexity index is 857. The number of rotatable bonds is 3. The van der Waals surface area contributed by atoms with Gasteiger partial charge in [0.1, 0.15) is 0 Å². The van der Waals surface area contributed by atoms with E-state index < -0.39 is 7.14 Å². The third kappa shape index (κ3) is 3.12. The van der Waals surface area contributed by atoms with E-state index in [0.29, 0.717) is 50.0 Å². The van der Waals surface area contributed by atoms with Crippen molar-refractivity contribution >= 4 is 57.2 Å². The minimum Gasteiger partial charge on any atom is -0.399 e. The smallest absolute Gasteiger partial charge is 0.171 e. The molecule has 0 fully saturated rings. The maximum Gasteiger partial charge on any atom is 0.171 e. The minimum atomic E-state index is -3.42. The number of benzene rings is 3. The number of hydrogen-bond donors (Lipinski definition) is 6. The van der Waals surface area contributed by atoms with Crippen LogP contribution in [0.3, 0.4) is 0 Å². The second kappa shape index (κ2) is 6.20. The molecule has 3 rings (SSSR count). The van der Waals surface area contributed by atoms with Crippen molar-refractivity contribution in [3.63, 3.8) is 0 Å². The Morgan fingerprint density at radius 1 is 0.423 bits per heavy atom. The molecule has 0 unspecified atom stereocenters. The molecule has 134 valence electrons. The highest BCUT2D eigenvalue weighted by atomic mass is 31.2. The van der Waals surface area contributed by atoms with Gasteiger partial charge in [0.2, 0.25) is 0 Å². The van der Waals surface area contributed by atoms with Crippen molar-refractivity contribution < 1.29 is 4.57 Å². The van der Waals surface area contributed by atoms with Crippen molar-refractivity contribution in [2.45, 2.75) is 0 Å². The Morgan fingerprint density at radius 3 is 0.808 bits per heavy atom. The van der Waals surface area contributed by atoms with E-state index in [1.807, 2.05) is 0 Å². The van der Waals surface area contributed by atoms with E-state index in [0.717, 1.165) is 0 Å². The first-order valence-corrected chi connectivity index (χ1v) is 9.49. The molecule has 3 aromatic carbocycles. The van der Waals surface area contributed by atoms with E-state index in [9.17, 15) is 4.57 Å². The fourth-order valence-electron chi connectivity index (χ4n) is 2.97. The van der Waals surface area contributed by atoms with Crippen LogP contribution < -0.4 is 50.3 Å². The Morgan fingerprint density at radius 2 is 0.615 bits per heavy atom. The van der Waals surface area contributed by atoms with Gasteiger partial charge in [-0.3, -0.25) is 0 Å². The molecule has 0 aromatic heterocycles. The summed E-state index contributed by atoms with van der Waals surface area (Å²) in [7, 11) is -3.42. The van der Waals surface area contributed by atoms with Crippen LogP contribution >= 0.6 is 7.14 Å². The number of hydrogen-bond acceptors (Lipinski definition) is 7. The highest BCUT2D eigenvalue weighted by molar-refractivity contribution is 7.85. The zero-order valence-corrected chi connectivity index (χ0v) is 14.9. The Balaban J connectivity index is 2.40. The molecule has 0 saturated heterocycles. The monoisotopic (exact) mass is 368 g/mol. The molecule has 0 radical (unpaired) electrons. The van der Waals surface area contributed by atoms with E-state index in [2.05, 4.69) is 0 Å². The third-order valence-corrected chi connectivity index (χ3v) is 6.93. The molecule has 7 nitrogen and oxygen atoms in total. The van der Waals surface area contributed by atoms with E-state index in [1.54, 1.807) is 54.6 Å². The first-order chi connectivity index (χ1) is 12.2. The lowest BCUT2D eigenvalue weighted by Gasteiger charge is -2.22. The van der Waals surface area contributed by atoms with Crippen LogP contribution in [0.5, 0.6) is 0 Å². The van der Waals surface area contributed by atoms with Gasteiger partial charge in [-0.2, -0.15) is 0 Å². The van der Waals surface area contributed by atoms with E-state index in [1.165, 1.54) is 0 Å². The first kappa shape index (κ1) is 17.5. The zero-order chi connectivity index (χ0) is 19.1. The van der Waals surface area contributed by atoms with E-state index in [-0.39, 0.29) is 0 Å². The lowest BCUT2D eigenvalue weighted by molar-refractivity contribution is 0.592. The number of nitrogens with two attached hydrogens (primary N) is 6. The Labute approximate surface area is 151 Å². The fourth-order valence-corrected chi connectivity index (χ4v) is 5.85. The molecule has 0 heterocycles. The largest absolute Gasteiger partial charge is 0.399 e. The summed E-state index contributed by atoms with van der Waals surface area (Å²) in [4.78, 5) is 0. The van der Waals surface area contributed by atoms with Gasteiger partial charge in [0, 0.05) is 50.0 Å². The lowest BCUT2D eigenvalue weighted by Crippen LogP contribution is -2.27. The summed E-state index contributed by atoms with van der Waals surface area (Å²) in [5.41, 5.74) is 38.0. The molecule has 0 atom stereocenters. The summed E-state index contributed by atoms with van der Waals surface area (Å²) < 4.78 is 14.4. The van der Waals surface area contributed by atoms with Gasteiger partial charge in [0.05, 0.1) is 0 Å². The third-order valence-electron chi connectivity index (χ3n) is 3.98. The van der Waals surface area contributed by atoms with Crippen LogP contribution in [0.15, 0.2) is 54.6 Å². The lowest BCUT2D eigenvalue weighted by atomic mass is 10.3. The van der Waals surface area contributed by atoms with Crippen molar-refractivity contribution in [1.82, 2.24) is 0 Å². The normalized spacial score (nSPS) is 11.4. The number of nitrogen functional groups attached to an aromatic ring is 6. The summed E-state index contributed by atoms with van der Waals surface area (Å²) in [6, 6.07) is 14.5. The van der Waals surface area contributed by atoms with Crippen molar-refractivity contribution in [2.24, 2.45) is 0 Å². The SMILES string of the molecule is Nc1cc(N)cc(P(=O)(c2cc(N)cc(N)c2)c2cc(N)cc(N)c2)c1. The number of anilines is 6. The zero-order valence-electron chi connectivity index (χ0n) is 14.0. The molecule has 0 bridgehead atoms. The van der Waals surface area contributed by atoms with Gasteiger partial charge in [0.15, 0.2) is 7.14 Å². The Hall–Kier alpha value is -3.31. The molecule has 3 aromatic rings. The van der Waals surface area contributed by atoms with Gasteiger partial charge in [-0.25, -0.2) is 0 Å². The van der Waals surface area contributed by atoms with Gasteiger partial charge in [-0.05, 0) is 54.6 Å². The predicted octanol–water partition coefficient (Wildman–Crippen LogP) is 0.819. The van der Waals surface area contributed by atoms with Crippen LogP contribution in [0.2, 0.25) is 0 Å². The quantitative estimate of drug-likeness (QED) is 0.293. The molecule has 0 aliphatic rings. The van der Waals surface area contributed by atoms with Crippen molar-refractivity contribution in [1.29, 1.82) is 0 Å². The predicted molar refractivity (Wildman–Crippen MR) is 112 cm³/mol. The standard InChI is InChI=1S/C18H21N6OP/c19-10-1-11(20)5-16(4-10)26(25,17-6-12(21)2-13(22)7-17)18-8-14(23)3-15(24)9-18/h1-9H,19-24H2. The molecule has 0 amide bonds. The molecule has 12 N–H and O–H groups in total. The summed E-state index contributed by atoms with van der Waals surface area (Å²) >= 11 is 0. The van der Waals surface area contributed by atoms with Crippen LogP contribution in [0.4, 0.5) is 34.1 Å². The summed E-state index contributed by atoms with van der Waals surface area (Å²) in [5.74, 6) is 0. The van der Waals surface area contributed by atoms with Crippen molar-refractivity contribution in [3.8, 4) is 0 Å². The first-order valence-electron chi connectivity index (χ1n) is 7.78. The highest BCUT2D eigenvalue weighted by Crippen LogP contribution is 2.45. The second-order valence-electron chi connectivity index (χ2n) is 6.18. The summed E-state index contributed by atoms with van der Waals surface area (Å²) in [6.45, 7) is 0. The molecule has 0 aliphatic heterocycles. The van der Waals surface area contributed by atoms with Gasteiger partial charge in [-0.1, -0.05) is 0 Å². The summed E-state index contributed by atoms with van der Waals surface area (Å²) in [5, 5.41) is 1.35. The molecule has 8 heteroatoms. The topological polar surface area (TPSA) is 173 Å². The van der Waals surface area contributed by atoms with Gasteiger partial charge in [-0.15, -0.1) is 0 Å². The van der Waals surface area contributed by atoms with Crippen LogP contribution in [0, 0.1) is 0 Å². The van der Waals surface area contributed by atoms with E-state index >= 15 is 0 Å². The maximum absolute atomic E-state index is 14.4. The molecule has 26 heavy (non-hydrogen) atoms. The van der Waals surface area contributed by atoms with Crippen molar-refractivity contribution in [2.75, 3.05) is 34.4 Å². The second-order valence-corrected chi connectivity index (χ2v) is 8.95.